The van der Waals surface area contributed by atoms with Crippen molar-refractivity contribution in [2.45, 2.75) is 0 Å². The van der Waals surface area contributed by atoms with Crippen molar-refractivity contribution < 1.29 is 25.3 Å². The molecule has 0 atom stereocenters. The molecule has 0 saturated carbocycles. The first-order valence-electron chi connectivity index (χ1n) is 14.6. The minimum atomic E-state index is -5.10. The van der Waals surface area contributed by atoms with Crippen molar-refractivity contribution in [3.05, 3.63) is 121 Å². The van der Waals surface area contributed by atoms with Gasteiger partial charge in [0.25, 0.3) is 0 Å². The molecule has 7 aromatic rings. The van der Waals surface area contributed by atoms with Crippen LogP contribution in [0.2, 0.25) is 0 Å². The van der Waals surface area contributed by atoms with Crippen molar-refractivity contribution in [1.29, 1.82) is 0 Å². The van der Waals surface area contributed by atoms with Gasteiger partial charge in [-0.15, -0.1) is 0 Å². The molecule has 5 N–H and O–H groups in total. The van der Waals surface area contributed by atoms with E-state index in [-0.39, 0.29) is 45.7 Å². The van der Waals surface area contributed by atoms with Crippen molar-refractivity contribution >= 4 is 48.6 Å². The van der Waals surface area contributed by atoms with Gasteiger partial charge in [-0.2, -0.15) is 0 Å². The van der Waals surface area contributed by atoms with Crippen LogP contribution in [0, 0.1) is 30.3 Å². The first kappa shape index (κ1) is 31.2. The fourth-order valence-corrected chi connectivity index (χ4v) is 7.88. The molecule has 2 aliphatic rings. The summed E-state index contributed by atoms with van der Waals surface area (Å²) in [6.07, 6.45) is 0. The maximum atomic E-state index is 12.3. The van der Waals surface area contributed by atoms with Crippen LogP contribution in [0.25, 0.3) is 89.7 Å². The van der Waals surface area contributed by atoms with Crippen LogP contribution in [0.3, 0.4) is 0 Å². The second-order valence-corrected chi connectivity index (χ2v) is 13.5. The van der Waals surface area contributed by atoms with E-state index >= 15 is 0 Å². The van der Waals surface area contributed by atoms with Gasteiger partial charge in [0.15, 0.2) is 0 Å². The van der Waals surface area contributed by atoms with Gasteiger partial charge in [-0.3, -0.25) is 0 Å². The summed E-state index contributed by atoms with van der Waals surface area (Å²) in [6, 6.07) is 25.7. The Labute approximate surface area is 286 Å². The zero-order valence-corrected chi connectivity index (χ0v) is 26.6. The molecule has 51 heavy (non-hydrogen) atoms. The Hall–Kier alpha value is -7.08. The first-order valence-corrected chi connectivity index (χ1v) is 16.3. The van der Waals surface area contributed by atoms with Crippen molar-refractivity contribution in [2.75, 3.05) is 0 Å². The third kappa shape index (κ3) is 4.39. The summed E-state index contributed by atoms with van der Waals surface area (Å²) in [4.78, 5) is 72.1. The van der Waals surface area contributed by atoms with Gasteiger partial charge >= 0.3 is 275 Å². The second-order valence-electron chi connectivity index (χ2n) is 10.8. The molecule has 5 heterocycles. The number of nitrogens with one attached hydrogen (secondary N) is 2. The van der Waals surface area contributed by atoms with Crippen LogP contribution in [0.15, 0.2) is 91.0 Å². The molecule has 0 unspecified atom stereocenters. The van der Waals surface area contributed by atoms with Crippen LogP contribution in [0.4, 0.5) is 0 Å². The molecule has 255 valence electrons. The van der Waals surface area contributed by atoms with Gasteiger partial charge in [0.1, 0.15) is 0 Å². The van der Waals surface area contributed by atoms with Crippen molar-refractivity contribution in [3.63, 3.8) is 0 Å². The SMILES string of the molecule is N.O=[N+]([O-])[Cu]([c]1cccc2c3nc4nc(nc5[nH]c(nc6nc(nc([nH]3)c12)-c1ccccc1-6)c1ccccc51)-c1ccccc1-4)([N+](=O)[O-])[N+](=O)[O-]. The predicted octanol–water partition coefficient (Wildman–Crippen LogP) is 5.39. The number of H-pyrrole nitrogens is 2. The van der Waals surface area contributed by atoms with E-state index < -0.39 is 29.8 Å². The third-order valence-electron chi connectivity index (χ3n) is 8.18. The number of aromatic amines is 2. The monoisotopic (exact) mass is 731 g/mol. The van der Waals surface area contributed by atoms with E-state index in [0.717, 1.165) is 16.8 Å². The average Bonchev–Trinajstić information content (AvgIpc) is 3.84. The van der Waals surface area contributed by atoms with Crippen LogP contribution >= 0.6 is 0 Å². The fourth-order valence-electron chi connectivity index (χ4n) is 6.09. The quantitative estimate of drug-likeness (QED) is 0.116. The van der Waals surface area contributed by atoms with Crippen molar-refractivity contribution in [1.82, 2.24) is 46.0 Å². The first-order chi connectivity index (χ1) is 24.3. The van der Waals surface area contributed by atoms with Gasteiger partial charge in [0.2, 0.25) is 0 Å². The molecule has 3 aromatic heterocycles. The summed E-state index contributed by atoms with van der Waals surface area (Å²) < 4.78 is -5.12. The molecule has 0 aliphatic carbocycles. The molecule has 9 rings (SSSR count). The zero-order valence-electron chi connectivity index (χ0n) is 25.6. The topological polar surface area (TPSA) is 273 Å². The van der Waals surface area contributed by atoms with Crippen molar-refractivity contribution in [3.8, 4) is 45.6 Å². The molecule has 8 bridgehead atoms. The summed E-state index contributed by atoms with van der Waals surface area (Å²) in [5, 5.41) is 38.5. The summed E-state index contributed by atoms with van der Waals surface area (Å²) >= 11 is -5.10. The fraction of sp³-hybridized carbons (Fsp3) is 0. The number of hydrogen-bond acceptors (Lipinski definition) is 13. The number of nitrogens with zero attached hydrogens (tertiary/aromatic N) is 9. The molecule has 0 amide bonds. The van der Waals surface area contributed by atoms with Gasteiger partial charge in [-0.25, -0.2) is 0 Å². The van der Waals surface area contributed by atoms with E-state index in [9.17, 15) is 30.3 Å². The number of fused-ring (bicyclic) bond motifs is 20. The molecular formula is C32H20CuN12O6. The van der Waals surface area contributed by atoms with Gasteiger partial charge < -0.3 is 6.15 Å². The molecular weight excluding hydrogens is 712 g/mol. The summed E-state index contributed by atoms with van der Waals surface area (Å²) in [5.74, 6) is 0.941. The Kier molecular flexibility index (Phi) is 6.88. The summed E-state index contributed by atoms with van der Waals surface area (Å²) in [6.45, 7) is 0. The van der Waals surface area contributed by atoms with E-state index in [1.807, 2.05) is 36.4 Å². The molecule has 0 spiro atoms. The number of nitro groups is 3. The van der Waals surface area contributed by atoms with Gasteiger partial charge in [0.05, 0.1) is 0 Å². The number of aromatic nitrogens is 8. The Morgan fingerprint density at radius 3 is 1.24 bits per heavy atom. The Balaban J connectivity index is 0.00000374. The minimum absolute atomic E-state index is 0. The molecule has 4 aromatic carbocycles. The van der Waals surface area contributed by atoms with E-state index in [0.29, 0.717) is 39.4 Å². The predicted molar refractivity (Wildman–Crippen MR) is 182 cm³/mol. The van der Waals surface area contributed by atoms with Crippen LogP contribution in [-0.4, -0.2) is 51.7 Å². The van der Waals surface area contributed by atoms with E-state index in [4.69, 9.17) is 29.9 Å². The molecule has 0 radical (unpaired) electrons. The molecule has 0 saturated heterocycles. The summed E-state index contributed by atoms with van der Waals surface area (Å²) in [7, 11) is 0. The Morgan fingerprint density at radius 2 is 0.804 bits per heavy atom. The van der Waals surface area contributed by atoms with Crippen LogP contribution in [0.5, 0.6) is 0 Å². The second kappa shape index (κ2) is 11.2. The standard InChI is InChI=1S/C32H17N8.Cu.3NO2.H3N/c1-2-10-18-17(9-1)25-33-26(18)38-28-21-13-5-6-14-22(21)30(35-28)40-32-24-16-8-7-15-23(24)31(36-32)39-29-20-12-4-3-11-19(20)27(34-29)37-25;;3*2-1-3;/h1-15H,(H2,33,34,35,36,37,38,39,40);;;;;1H3. The van der Waals surface area contributed by atoms with Gasteiger partial charge in [-0.05, 0) is 0 Å². The molecule has 19 heteroatoms. The van der Waals surface area contributed by atoms with Gasteiger partial charge in [0, 0.05) is 0 Å². The zero-order chi connectivity index (χ0) is 34.3. The molecule has 0 fully saturated rings. The average molecular weight is 732 g/mol. The molecule has 2 aliphatic heterocycles. The number of rotatable bonds is 4. The summed E-state index contributed by atoms with van der Waals surface area (Å²) in [5.41, 5.74) is 3.29. The Bertz CT molecular complexity index is 2810. The van der Waals surface area contributed by atoms with E-state index in [2.05, 4.69) is 9.97 Å². The third-order valence-corrected chi connectivity index (χ3v) is 10.7. The normalized spacial score (nSPS) is 12.2. The molecule has 18 nitrogen and oxygen atoms in total. The van der Waals surface area contributed by atoms with Crippen molar-refractivity contribution in [2.24, 2.45) is 0 Å². The van der Waals surface area contributed by atoms with E-state index in [1.54, 1.807) is 36.4 Å². The van der Waals surface area contributed by atoms with Crippen LogP contribution in [0.1, 0.15) is 0 Å². The maximum absolute atomic E-state index is 12.3. The van der Waals surface area contributed by atoms with Gasteiger partial charge in [-0.1, -0.05) is 6.07 Å². The van der Waals surface area contributed by atoms with Crippen LogP contribution < -0.4 is 10.6 Å². The number of benzene rings is 4. The Morgan fingerprint density at radius 1 is 0.451 bits per heavy atom. The number of hydrogen-bond donors (Lipinski definition) is 3. The van der Waals surface area contributed by atoms with Crippen LogP contribution in [-0.2, 0) is 13.5 Å². The van der Waals surface area contributed by atoms with E-state index in [1.165, 1.54) is 12.1 Å².